The van der Waals surface area contributed by atoms with Crippen molar-refractivity contribution in [2.45, 2.75) is 26.7 Å². The number of benzene rings is 1. The molecule has 0 aliphatic rings. The minimum Gasteiger partial charge on any atom is -0.316 e. The van der Waals surface area contributed by atoms with Gasteiger partial charge in [0, 0.05) is 14.7 Å². The fraction of sp³-hybridized carbons (Fsp3) is 0.444. The summed E-state index contributed by atoms with van der Waals surface area (Å²) in [6.45, 7) is 6.70. The molecule has 0 fully saturated rings. The van der Waals surface area contributed by atoms with Crippen LogP contribution >= 0.6 is 27.3 Å². The zero-order valence-electron chi connectivity index (χ0n) is 12.8. The van der Waals surface area contributed by atoms with E-state index < -0.39 is 0 Å². The Kier molecular flexibility index (Phi) is 6.94. The summed E-state index contributed by atoms with van der Waals surface area (Å²) >= 11 is 5.41. The van der Waals surface area contributed by atoms with Crippen molar-refractivity contribution in [2.75, 3.05) is 13.1 Å². The lowest BCUT2D eigenvalue weighted by atomic mass is 9.95. The van der Waals surface area contributed by atoms with Crippen LogP contribution < -0.4 is 5.32 Å². The Morgan fingerprint density at radius 1 is 1.10 bits per heavy atom. The summed E-state index contributed by atoms with van der Waals surface area (Å²) < 4.78 is 1.20. The van der Waals surface area contributed by atoms with Gasteiger partial charge in [-0.2, -0.15) is 0 Å². The van der Waals surface area contributed by atoms with E-state index in [0.29, 0.717) is 11.8 Å². The van der Waals surface area contributed by atoms with E-state index in [0.717, 1.165) is 25.9 Å². The maximum absolute atomic E-state index is 3.63. The Balaban J connectivity index is 1.95. The summed E-state index contributed by atoms with van der Waals surface area (Å²) in [4.78, 5) is 1.47. The van der Waals surface area contributed by atoms with E-state index in [-0.39, 0.29) is 0 Å². The molecule has 0 amide bonds. The van der Waals surface area contributed by atoms with Crippen LogP contribution in [-0.2, 0) is 12.8 Å². The number of thiophene rings is 1. The number of rotatable bonds is 8. The van der Waals surface area contributed by atoms with Crippen LogP contribution in [0.2, 0.25) is 0 Å². The highest BCUT2D eigenvalue weighted by Gasteiger charge is 2.12. The van der Waals surface area contributed by atoms with E-state index in [1.54, 1.807) is 0 Å². The molecule has 114 valence electrons. The van der Waals surface area contributed by atoms with Gasteiger partial charge in [0.1, 0.15) is 0 Å². The molecule has 21 heavy (non-hydrogen) atoms. The van der Waals surface area contributed by atoms with Crippen LogP contribution in [0.4, 0.5) is 0 Å². The molecule has 1 heterocycles. The topological polar surface area (TPSA) is 12.0 Å². The van der Waals surface area contributed by atoms with Crippen LogP contribution in [0.15, 0.2) is 46.3 Å². The second-order valence-corrected chi connectivity index (χ2v) is 7.95. The van der Waals surface area contributed by atoms with Gasteiger partial charge in [-0.3, -0.25) is 0 Å². The lowest BCUT2D eigenvalue weighted by Gasteiger charge is -2.18. The van der Waals surface area contributed by atoms with E-state index >= 15 is 0 Å². The number of hydrogen-bond acceptors (Lipinski definition) is 2. The fourth-order valence-electron chi connectivity index (χ4n) is 2.49. The van der Waals surface area contributed by atoms with Crippen LogP contribution in [0.5, 0.6) is 0 Å². The molecule has 1 N–H and O–H groups in total. The largest absolute Gasteiger partial charge is 0.316 e. The summed E-state index contributed by atoms with van der Waals surface area (Å²) in [6, 6.07) is 13.1. The van der Waals surface area contributed by atoms with Crippen LogP contribution in [0.1, 0.15) is 24.3 Å². The Morgan fingerprint density at radius 2 is 1.86 bits per heavy atom. The van der Waals surface area contributed by atoms with Crippen molar-refractivity contribution >= 4 is 27.3 Å². The molecule has 3 heteroatoms. The van der Waals surface area contributed by atoms with Crippen molar-refractivity contribution in [3.63, 3.8) is 0 Å². The van der Waals surface area contributed by atoms with Crippen LogP contribution in [0.25, 0.3) is 0 Å². The Labute approximate surface area is 140 Å². The lowest BCUT2D eigenvalue weighted by Crippen LogP contribution is -2.28. The maximum atomic E-state index is 3.63. The second-order valence-electron chi connectivity index (χ2n) is 6.04. The Morgan fingerprint density at radius 3 is 2.48 bits per heavy atom. The van der Waals surface area contributed by atoms with Gasteiger partial charge in [0.05, 0.1) is 0 Å². The molecule has 1 nitrogen and oxygen atoms in total. The van der Waals surface area contributed by atoms with E-state index in [1.165, 1.54) is 14.9 Å². The van der Waals surface area contributed by atoms with Crippen molar-refractivity contribution in [3.05, 3.63) is 56.7 Å². The van der Waals surface area contributed by atoms with Gasteiger partial charge in [-0.15, -0.1) is 11.3 Å². The highest BCUT2D eigenvalue weighted by atomic mass is 79.9. The first-order valence-electron chi connectivity index (χ1n) is 7.61. The van der Waals surface area contributed by atoms with Gasteiger partial charge in [-0.1, -0.05) is 44.2 Å². The molecule has 0 aliphatic carbocycles. The van der Waals surface area contributed by atoms with E-state index in [4.69, 9.17) is 0 Å². The number of halogens is 1. The molecule has 1 atom stereocenters. The molecular weight excluding hydrogens is 342 g/mol. The molecule has 0 bridgehead atoms. The van der Waals surface area contributed by atoms with Crippen LogP contribution in [-0.4, -0.2) is 13.1 Å². The average molecular weight is 366 g/mol. The first-order chi connectivity index (χ1) is 10.1. The number of nitrogens with one attached hydrogen (secondary N) is 1. The predicted molar refractivity (Wildman–Crippen MR) is 97.1 cm³/mol. The van der Waals surface area contributed by atoms with E-state index in [1.807, 2.05) is 11.3 Å². The SMILES string of the molecule is CC(C)CNCC(Cc1ccccc1)Cc1cc(Br)cs1. The standard InChI is InChI=1S/C18H24BrNS/c1-14(2)11-20-12-16(8-15-6-4-3-5-7-15)9-18-10-17(19)13-21-18/h3-7,10,13-14,16,20H,8-9,11-12H2,1-2H3. The Bertz CT molecular complexity index is 521. The quantitative estimate of drug-likeness (QED) is 0.681. The molecular formula is C18H24BrNS. The molecule has 0 spiro atoms. The first kappa shape index (κ1) is 16.7. The zero-order valence-corrected chi connectivity index (χ0v) is 15.2. The van der Waals surface area contributed by atoms with Gasteiger partial charge in [0.2, 0.25) is 0 Å². The molecule has 0 saturated heterocycles. The van der Waals surface area contributed by atoms with Crippen LogP contribution in [0, 0.1) is 11.8 Å². The van der Waals surface area contributed by atoms with Crippen molar-refractivity contribution < 1.29 is 0 Å². The zero-order chi connectivity index (χ0) is 15.1. The predicted octanol–water partition coefficient (Wildman–Crippen LogP) is 5.16. The molecule has 1 aromatic heterocycles. The van der Waals surface area contributed by atoms with E-state index in [9.17, 15) is 0 Å². The molecule has 2 aromatic rings. The average Bonchev–Trinajstić information content (AvgIpc) is 2.85. The smallest absolute Gasteiger partial charge is 0.0285 e. The van der Waals surface area contributed by atoms with Gasteiger partial charge in [-0.25, -0.2) is 0 Å². The lowest BCUT2D eigenvalue weighted by molar-refractivity contribution is 0.447. The van der Waals surface area contributed by atoms with Crippen molar-refractivity contribution in [3.8, 4) is 0 Å². The van der Waals surface area contributed by atoms with Crippen molar-refractivity contribution in [1.82, 2.24) is 5.32 Å². The molecule has 0 saturated carbocycles. The number of hydrogen-bond donors (Lipinski definition) is 1. The van der Waals surface area contributed by atoms with Gasteiger partial charge in [-0.05, 0) is 65.3 Å². The van der Waals surface area contributed by atoms with Gasteiger partial charge < -0.3 is 5.32 Å². The van der Waals surface area contributed by atoms with Crippen molar-refractivity contribution in [2.24, 2.45) is 11.8 Å². The molecule has 0 radical (unpaired) electrons. The highest BCUT2D eigenvalue weighted by Crippen LogP contribution is 2.23. The van der Waals surface area contributed by atoms with Crippen molar-refractivity contribution in [1.29, 1.82) is 0 Å². The third kappa shape index (κ3) is 6.33. The summed E-state index contributed by atoms with van der Waals surface area (Å²) in [6.07, 6.45) is 2.29. The van der Waals surface area contributed by atoms with Gasteiger partial charge in [0.15, 0.2) is 0 Å². The highest BCUT2D eigenvalue weighted by molar-refractivity contribution is 9.10. The molecule has 0 aliphatic heterocycles. The minimum atomic E-state index is 0.650. The normalized spacial score (nSPS) is 12.8. The van der Waals surface area contributed by atoms with Gasteiger partial charge in [0.25, 0.3) is 0 Å². The van der Waals surface area contributed by atoms with E-state index in [2.05, 4.69) is 76.9 Å². The third-order valence-electron chi connectivity index (χ3n) is 3.46. The fourth-order valence-corrected chi connectivity index (χ4v) is 4.05. The molecule has 1 aromatic carbocycles. The van der Waals surface area contributed by atoms with Crippen LogP contribution in [0.3, 0.4) is 0 Å². The minimum absolute atomic E-state index is 0.650. The summed E-state index contributed by atoms with van der Waals surface area (Å²) in [5.41, 5.74) is 1.43. The second kappa shape index (κ2) is 8.72. The van der Waals surface area contributed by atoms with Gasteiger partial charge >= 0.3 is 0 Å². The Hall–Kier alpha value is -0.640. The summed E-state index contributed by atoms with van der Waals surface area (Å²) in [7, 11) is 0. The monoisotopic (exact) mass is 365 g/mol. The summed E-state index contributed by atoms with van der Waals surface area (Å²) in [5.74, 6) is 1.36. The first-order valence-corrected chi connectivity index (χ1v) is 9.28. The maximum Gasteiger partial charge on any atom is 0.0285 e. The molecule has 2 rings (SSSR count). The third-order valence-corrected chi connectivity index (χ3v) is 5.18. The molecule has 1 unspecified atom stereocenters. The summed E-state index contributed by atoms with van der Waals surface area (Å²) in [5, 5.41) is 5.80.